The lowest BCUT2D eigenvalue weighted by molar-refractivity contribution is 0.0661. The monoisotopic (exact) mass is 395 g/mol. The molecule has 0 aromatic heterocycles. The molecule has 0 aliphatic heterocycles. The van der Waals surface area contributed by atoms with Gasteiger partial charge in [0.2, 0.25) is 0 Å². The largest absolute Gasteiger partial charge is 0.500 e. The van der Waals surface area contributed by atoms with Crippen molar-refractivity contribution >= 4 is 18.1 Å². The van der Waals surface area contributed by atoms with Crippen LogP contribution in [0.3, 0.4) is 0 Å². The summed E-state index contributed by atoms with van der Waals surface area (Å²) in [4.78, 5) is 0. The van der Waals surface area contributed by atoms with Crippen LogP contribution < -0.4 is 0 Å². The molecule has 1 atom stereocenters. The summed E-state index contributed by atoms with van der Waals surface area (Å²) in [5.41, 5.74) is 0. The van der Waals surface area contributed by atoms with Gasteiger partial charge in [-0.2, -0.15) is 0 Å². The predicted octanol–water partition coefficient (Wildman–Crippen LogP) is 3.26. The van der Waals surface area contributed by atoms with Gasteiger partial charge in [-0.3, -0.25) is 0 Å². The van der Waals surface area contributed by atoms with E-state index in [1.165, 1.54) is 0 Å². The SMILES string of the molecule is CCCCO[Si](CC[CH][SiH](OCC)OCCCOC)(OCC)OCC. The molecule has 0 N–H and O–H groups in total. The fraction of sp³-hybridized carbons (Fsp3) is 0.941. The summed E-state index contributed by atoms with van der Waals surface area (Å²) in [6.07, 6.45) is 3.85. The van der Waals surface area contributed by atoms with Gasteiger partial charge in [0.1, 0.15) is 0 Å². The molecule has 1 radical (unpaired) electrons. The average Bonchev–Trinajstić information content (AvgIpc) is 2.59. The van der Waals surface area contributed by atoms with Gasteiger partial charge in [-0.15, -0.1) is 0 Å². The Morgan fingerprint density at radius 1 is 0.800 bits per heavy atom. The zero-order valence-corrected chi connectivity index (χ0v) is 19.0. The quantitative estimate of drug-likeness (QED) is 0.247. The lowest BCUT2D eigenvalue weighted by atomic mass is 10.4. The molecule has 0 spiro atoms. The standard InChI is InChI=1S/C17H39O6Si2/c1-6-10-15-23-25(21-8-3,22-9-4)17-12-16-24(19-7-2)20-14-11-13-18-5/h16,24H,6-15,17H2,1-5H3. The summed E-state index contributed by atoms with van der Waals surface area (Å²) in [7, 11) is -2.67. The topological polar surface area (TPSA) is 55.4 Å². The minimum atomic E-state index is -2.61. The fourth-order valence-corrected chi connectivity index (χ4v) is 6.71. The molecule has 6 nitrogen and oxygen atoms in total. The maximum absolute atomic E-state index is 6.10. The molecule has 0 aliphatic carbocycles. The van der Waals surface area contributed by atoms with Crippen molar-refractivity contribution in [2.75, 3.05) is 46.8 Å². The highest BCUT2D eigenvalue weighted by atomic mass is 28.4. The molecule has 0 heterocycles. The molecule has 151 valence electrons. The van der Waals surface area contributed by atoms with Crippen molar-refractivity contribution in [3.63, 3.8) is 0 Å². The van der Waals surface area contributed by atoms with E-state index in [2.05, 4.69) is 13.0 Å². The first-order chi connectivity index (χ1) is 12.2. The second kappa shape index (κ2) is 17.6. The fourth-order valence-electron chi connectivity index (χ4n) is 2.30. The van der Waals surface area contributed by atoms with E-state index in [4.69, 9.17) is 26.9 Å². The van der Waals surface area contributed by atoms with Crippen LogP contribution >= 0.6 is 0 Å². The molecule has 0 aliphatic rings. The molecule has 0 amide bonds. The number of unbranched alkanes of at least 4 members (excludes halogenated alkanes) is 1. The van der Waals surface area contributed by atoms with Gasteiger partial charge >= 0.3 is 18.1 Å². The highest BCUT2D eigenvalue weighted by Crippen LogP contribution is 2.20. The molecular formula is C17H39O6Si2. The van der Waals surface area contributed by atoms with Gasteiger partial charge in [-0.1, -0.05) is 13.3 Å². The lowest BCUT2D eigenvalue weighted by Gasteiger charge is -2.29. The van der Waals surface area contributed by atoms with Crippen molar-refractivity contribution in [1.29, 1.82) is 0 Å². The molecule has 0 aromatic carbocycles. The Kier molecular flexibility index (Phi) is 17.7. The Morgan fingerprint density at radius 3 is 2.08 bits per heavy atom. The second-order valence-electron chi connectivity index (χ2n) is 5.57. The van der Waals surface area contributed by atoms with Crippen LogP contribution in [0, 0.1) is 6.04 Å². The third-order valence-corrected chi connectivity index (χ3v) is 8.41. The van der Waals surface area contributed by atoms with Crippen LogP contribution in [0.2, 0.25) is 6.04 Å². The van der Waals surface area contributed by atoms with Crippen LogP contribution in [0.5, 0.6) is 0 Å². The van der Waals surface area contributed by atoms with Crippen molar-refractivity contribution in [3.05, 3.63) is 6.04 Å². The highest BCUT2D eigenvalue weighted by Gasteiger charge is 2.40. The zero-order valence-electron chi connectivity index (χ0n) is 16.9. The summed E-state index contributed by atoms with van der Waals surface area (Å²) in [6, 6.07) is 2.95. The Hall–Kier alpha value is 0.194. The highest BCUT2D eigenvalue weighted by molar-refractivity contribution is 6.61. The summed E-state index contributed by atoms with van der Waals surface area (Å²) in [5, 5.41) is 0. The van der Waals surface area contributed by atoms with Crippen LogP contribution in [-0.4, -0.2) is 64.8 Å². The predicted molar refractivity (Wildman–Crippen MR) is 105 cm³/mol. The Bertz CT molecular complexity index is 278. The second-order valence-corrected chi connectivity index (χ2v) is 10.2. The first kappa shape index (κ1) is 25.2. The van der Waals surface area contributed by atoms with E-state index in [1.807, 2.05) is 20.8 Å². The van der Waals surface area contributed by atoms with E-state index >= 15 is 0 Å². The normalized spacial score (nSPS) is 13.3. The van der Waals surface area contributed by atoms with E-state index in [1.54, 1.807) is 7.11 Å². The maximum Gasteiger partial charge on any atom is 0.500 e. The smallest absolute Gasteiger partial charge is 0.397 e. The van der Waals surface area contributed by atoms with E-state index in [0.717, 1.165) is 31.7 Å². The van der Waals surface area contributed by atoms with E-state index in [0.29, 0.717) is 39.6 Å². The maximum atomic E-state index is 6.10. The molecule has 0 saturated heterocycles. The molecule has 25 heavy (non-hydrogen) atoms. The molecule has 0 bridgehead atoms. The molecule has 0 saturated carbocycles. The number of ether oxygens (including phenoxy) is 1. The van der Waals surface area contributed by atoms with E-state index in [-0.39, 0.29) is 0 Å². The lowest BCUT2D eigenvalue weighted by Crippen LogP contribution is -2.46. The van der Waals surface area contributed by atoms with Gasteiger partial charge in [-0.05, 0) is 40.0 Å². The molecular weight excluding hydrogens is 356 g/mol. The van der Waals surface area contributed by atoms with Crippen LogP contribution in [0.15, 0.2) is 0 Å². The first-order valence-electron chi connectivity index (χ1n) is 9.65. The average molecular weight is 396 g/mol. The molecule has 0 rings (SSSR count). The Balaban J connectivity index is 4.44. The summed E-state index contributed by atoms with van der Waals surface area (Å²) in [6.45, 7) is 12.1. The minimum absolute atomic E-state index is 0.609. The molecule has 0 aromatic rings. The summed E-state index contributed by atoms with van der Waals surface area (Å²) < 4.78 is 34.7. The molecule has 8 heteroatoms. The zero-order chi connectivity index (χ0) is 18.8. The summed E-state index contributed by atoms with van der Waals surface area (Å²) in [5.74, 6) is 0. The number of hydrogen-bond donors (Lipinski definition) is 0. The van der Waals surface area contributed by atoms with Crippen molar-refractivity contribution in [1.82, 2.24) is 0 Å². The van der Waals surface area contributed by atoms with Crippen LogP contribution in [0.1, 0.15) is 53.4 Å². The first-order valence-corrected chi connectivity index (χ1v) is 13.2. The Labute approximate surface area is 157 Å². The molecule has 0 fully saturated rings. The van der Waals surface area contributed by atoms with Gasteiger partial charge in [0.15, 0.2) is 0 Å². The van der Waals surface area contributed by atoms with Crippen molar-refractivity contribution in [3.8, 4) is 0 Å². The minimum Gasteiger partial charge on any atom is -0.397 e. The third-order valence-electron chi connectivity index (χ3n) is 3.46. The van der Waals surface area contributed by atoms with Gasteiger partial charge in [0.05, 0.1) is 0 Å². The van der Waals surface area contributed by atoms with Gasteiger partial charge in [-0.25, -0.2) is 0 Å². The van der Waals surface area contributed by atoms with Crippen molar-refractivity contribution in [2.45, 2.75) is 59.4 Å². The van der Waals surface area contributed by atoms with Crippen LogP contribution in [0.25, 0.3) is 0 Å². The third kappa shape index (κ3) is 13.1. The van der Waals surface area contributed by atoms with E-state index in [9.17, 15) is 0 Å². The summed E-state index contributed by atoms with van der Waals surface area (Å²) >= 11 is 0. The number of methoxy groups -OCH3 is 1. The molecule has 1 unspecified atom stereocenters. The number of rotatable bonds is 19. The van der Waals surface area contributed by atoms with Gasteiger partial charge < -0.3 is 26.9 Å². The van der Waals surface area contributed by atoms with Crippen LogP contribution in [0.4, 0.5) is 0 Å². The van der Waals surface area contributed by atoms with E-state index < -0.39 is 18.1 Å². The van der Waals surface area contributed by atoms with Gasteiger partial charge in [0.25, 0.3) is 0 Å². The van der Waals surface area contributed by atoms with Gasteiger partial charge in [0, 0.05) is 58.8 Å². The van der Waals surface area contributed by atoms with Crippen LogP contribution in [-0.2, 0) is 26.9 Å². The number of hydrogen-bond acceptors (Lipinski definition) is 6. The van der Waals surface area contributed by atoms with Crippen molar-refractivity contribution in [2.24, 2.45) is 0 Å². The van der Waals surface area contributed by atoms with Crippen molar-refractivity contribution < 1.29 is 26.9 Å². The Morgan fingerprint density at radius 2 is 1.52 bits per heavy atom.